The van der Waals surface area contributed by atoms with E-state index in [0.717, 1.165) is 55.6 Å². The number of aromatic nitrogens is 6. The molecule has 0 amide bonds. The van der Waals surface area contributed by atoms with Crippen molar-refractivity contribution in [2.24, 2.45) is 0 Å². The summed E-state index contributed by atoms with van der Waals surface area (Å²) >= 11 is 0. The zero-order valence-corrected chi connectivity index (χ0v) is 35.0. The van der Waals surface area contributed by atoms with E-state index in [9.17, 15) is 0 Å². The third-order valence-electron chi connectivity index (χ3n) is 11.5. The summed E-state index contributed by atoms with van der Waals surface area (Å²) in [6.45, 7) is 4.50. The molecule has 2 aromatic heterocycles. The van der Waals surface area contributed by atoms with Crippen LogP contribution in [0.3, 0.4) is 0 Å². The fraction of sp³-hybridized carbons (Fsp3) is 0.0526. The Hall–Kier alpha value is -8.22. The van der Waals surface area contributed by atoms with Gasteiger partial charge in [0.05, 0.1) is 0 Å². The van der Waals surface area contributed by atoms with Crippen molar-refractivity contribution < 1.29 is 0 Å². The van der Waals surface area contributed by atoms with Gasteiger partial charge in [-0.15, -0.1) is 0 Å². The van der Waals surface area contributed by atoms with Gasteiger partial charge >= 0.3 is 0 Å². The molecule has 6 heteroatoms. The molecule has 0 radical (unpaired) electrons. The normalized spacial score (nSPS) is 11.3. The third kappa shape index (κ3) is 8.30. The largest absolute Gasteiger partial charge is 0.208 e. The molecule has 0 bridgehead atoms. The molecule has 0 fully saturated rings. The van der Waals surface area contributed by atoms with Crippen LogP contribution < -0.4 is 0 Å². The molecule has 0 aliphatic carbocycles. The van der Waals surface area contributed by atoms with Gasteiger partial charge in [0.15, 0.2) is 34.9 Å². The molecule has 0 aliphatic rings. The number of rotatable bonds is 10. The molecule has 0 atom stereocenters. The highest BCUT2D eigenvalue weighted by Crippen LogP contribution is 2.35. The minimum absolute atomic E-state index is 0.314. The maximum Gasteiger partial charge on any atom is 0.164 e. The van der Waals surface area contributed by atoms with Crippen molar-refractivity contribution in [2.75, 3.05) is 0 Å². The topological polar surface area (TPSA) is 77.3 Å². The minimum atomic E-state index is -0.314. The van der Waals surface area contributed by atoms with Crippen molar-refractivity contribution in [1.29, 1.82) is 0 Å². The second kappa shape index (κ2) is 17.0. The summed E-state index contributed by atoms with van der Waals surface area (Å²) in [6, 6.07) is 74.8. The van der Waals surface area contributed by atoms with E-state index in [2.05, 4.69) is 159 Å². The molecule has 0 saturated carbocycles. The summed E-state index contributed by atoms with van der Waals surface area (Å²) < 4.78 is 0. The molecular formula is C57H42N6. The van der Waals surface area contributed by atoms with Gasteiger partial charge in [0.1, 0.15) is 0 Å². The van der Waals surface area contributed by atoms with Crippen molar-refractivity contribution in [2.45, 2.75) is 19.3 Å². The molecule has 6 nitrogen and oxygen atoms in total. The fourth-order valence-corrected chi connectivity index (χ4v) is 7.88. The van der Waals surface area contributed by atoms with Crippen molar-refractivity contribution in [1.82, 2.24) is 29.9 Å². The van der Waals surface area contributed by atoms with Crippen LogP contribution in [0.1, 0.15) is 25.0 Å². The molecule has 8 aromatic carbocycles. The van der Waals surface area contributed by atoms with E-state index in [-0.39, 0.29) is 5.41 Å². The van der Waals surface area contributed by atoms with Crippen LogP contribution in [-0.4, -0.2) is 29.9 Å². The Labute approximate surface area is 367 Å². The quantitative estimate of drug-likeness (QED) is 0.137. The van der Waals surface area contributed by atoms with Crippen LogP contribution in [0.15, 0.2) is 218 Å². The van der Waals surface area contributed by atoms with E-state index in [1.165, 1.54) is 11.1 Å². The van der Waals surface area contributed by atoms with E-state index >= 15 is 0 Å². The van der Waals surface area contributed by atoms with E-state index in [1.807, 2.05) is 72.8 Å². The van der Waals surface area contributed by atoms with Crippen molar-refractivity contribution in [3.63, 3.8) is 0 Å². The second-order valence-corrected chi connectivity index (χ2v) is 16.0. The molecule has 2 heterocycles. The van der Waals surface area contributed by atoms with Crippen LogP contribution in [-0.2, 0) is 5.41 Å². The summed E-state index contributed by atoms with van der Waals surface area (Å²) in [5.74, 6) is 3.76. The highest BCUT2D eigenvalue weighted by atomic mass is 15.0. The first-order chi connectivity index (χ1) is 30.9. The Bertz CT molecular complexity index is 2940. The summed E-state index contributed by atoms with van der Waals surface area (Å²) in [7, 11) is 0. The fourth-order valence-electron chi connectivity index (χ4n) is 7.88. The number of nitrogens with zero attached hydrogens (tertiary/aromatic N) is 6. The monoisotopic (exact) mass is 810 g/mol. The maximum absolute atomic E-state index is 5.05. The number of hydrogen-bond donors (Lipinski definition) is 0. The average Bonchev–Trinajstić information content (AvgIpc) is 3.37. The molecular weight excluding hydrogens is 769 g/mol. The molecule has 10 aromatic rings. The zero-order chi connectivity index (χ0) is 42.6. The Morgan fingerprint density at radius 2 is 0.460 bits per heavy atom. The van der Waals surface area contributed by atoms with Crippen LogP contribution in [0.5, 0.6) is 0 Å². The van der Waals surface area contributed by atoms with Crippen molar-refractivity contribution in [3.8, 4) is 90.6 Å². The van der Waals surface area contributed by atoms with Crippen LogP contribution in [0, 0.1) is 0 Å². The van der Waals surface area contributed by atoms with Gasteiger partial charge in [0, 0.05) is 38.8 Å². The number of hydrogen-bond acceptors (Lipinski definition) is 6. The molecule has 63 heavy (non-hydrogen) atoms. The van der Waals surface area contributed by atoms with E-state index < -0.39 is 0 Å². The predicted octanol–water partition coefficient (Wildman–Crippen LogP) is 13.7. The van der Waals surface area contributed by atoms with E-state index in [4.69, 9.17) is 29.9 Å². The maximum atomic E-state index is 5.05. The first kappa shape index (κ1) is 38.9. The molecule has 0 saturated heterocycles. The highest BCUT2D eigenvalue weighted by molar-refractivity contribution is 5.74. The minimum Gasteiger partial charge on any atom is -0.208 e. The van der Waals surface area contributed by atoms with Gasteiger partial charge in [-0.1, -0.05) is 220 Å². The van der Waals surface area contributed by atoms with Gasteiger partial charge in [-0.25, -0.2) is 29.9 Å². The summed E-state index contributed by atoms with van der Waals surface area (Å²) in [4.78, 5) is 30.1. The van der Waals surface area contributed by atoms with Crippen molar-refractivity contribution >= 4 is 0 Å². The van der Waals surface area contributed by atoms with Crippen LogP contribution in [0.2, 0.25) is 0 Å². The van der Waals surface area contributed by atoms with Gasteiger partial charge in [-0.2, -0.15) is 0 Å². The first-order valence-corrected chi connectivity index (χ1v) is 21.1. The first-order valence-electron chi connectivity index (χ1n) is 21.1. The average molecular weight is 811 g/mol. The Kier molecular flexibility index (Phi) is 10.5. The van der Waals surface area contributed by atoms with Gasteiger partial charge in [0.2, 0.25) is 0 Å². The van der Waals surface area contributed by atoms with Crippen LogP contribution >= 0.6 is 0 Å². The molecule has 0 N–H and O–H groups in total. The predicted molar refractivity (Wildman–Crippen MR) is 255 cm³/mol. The Balaban J connectivity index is 0.960. The molecule has 0 unspecified atom stereocenters. The smallest absolute Gasteiger partial charge is 0.164 e. The highest BCUT2D eigenvalue weighted by Gasteiger charge is 2.24. The van der Waals surface area contributed by atoms with Crippen LogP contribution in [0.25, 0.3) is 90.6 Å². The lowest BCUT2D eigenvalue weighted by Crippen LogP contribution is -2.18. The lowest BCUT2D eigenvalue weighted by atomic mass is 9.77. The van der Waals surface area contributed by atoms with Gasteiger partial charge in [0.25, 0.3) is 0 Å². The number of benzene rings is 8. The SMILES string of the molecule is CC(C)(c1ccc(-c2nc(-c3ccccc3)nc(-c3cccc(-c4ccccc4)c3)n2)cc1)c1ccc(-c2nc(-c3ccccc3)nc(-c3cccc(-c4ccccc4)c3)n2)cc1. The summed E-state index contributed by atoms with van der Waals surface area (Å²) in [5, 5.41) is 0. The third-order valence-corrected chi connectivity index (χ3v) is 11.5. The second-order valence-electron chi connectivity index (χ2n) is 16.0. The lowest BCUT2D eigenvalue weighted by molar-refractivity contribution is 0.641. The van der Waals surface area contributed by atoms with E-state index in [0.29, 0.717) is 34.9 Å². The zero-order valence-electron chi connectivity index (χ0n) is 35.0. The van der Waals surface area contributed by atoms with Gasteiger partial charge in [-0.05, 0) is 45.5 Å². The molecule has 10 rings (SSSR count). The van der Waals surface area contributed by atoms with Crippen molar-refractivity contribution in [3.05, 3.63) is 230 Å². The van der Waals surface area contributed by atoms with Gasteiger partial charge in [-0.3, -0.25) is 0 Å². The summed E-state index contributed by atoms with van der Waals surface area (Å²) in [6.07, 6.45) is 0. The Morgan fingerprint density at radius 1 is 0.222 bits per heavy atom. The molecule has 0 spiro atoms. The molecule has 300 valence electrons. The lowest BCUT2D eigenvalue weighted by Gasteiger charge is -2.26. The van der Waals surface area contributed by atoms with Gasteiger partial charge < -0.3 is 0 Å². The van der Waals surface area contributed by atoms with Crippen LogP contribution in [0.4, 0.5) is 0 Å². The summed E-state index contributed by atoms with van der Waals surface area (Å²) in [5.41, 5.74) is 12.1. The van der Waals surface area contributed by atoms with E-state index in [1.54, 1.807) is 0 Å². The standard InChI is InChI=1S/C57H42N6/c1-57(2,49-33-29-43(30-34-49)53-58-51(41-21-11-5-12-22-41)60-55(62-53)47-27-15-25-45(37-47)39-17-7-3-8-18-39)50-35-31-44(32-36-50)54-59-52(42-23-13-6-14-24-42)61-56(63-54)48-28-16-26-46(38-48)40-19-9-4-10-20-40/h3-38H,1-2H3. The Morgan fingerprint density at radius 3 is 0.778 bits per heavy atom. The molecule has 0 aliphatic heterocycles.